The summed E-state index contributed by atoms with van der Waals surface area (Å²) in [5, 5.41) is 5.04. The van der Waals surface area contributed by atoms with Gasteiger partial charge in [-0.05, 0) is 65.3 Å². The Bertz CT molecular complexity index is 1170. The third-order valence-corrected chi connectivity index (χ3v) is 6.58. The molecule has 0 bridgehead atoms. The molecule has 1 fully saturated rings. The van der Waals surface area contributed by atoms with Crippen LogP contribution in [0.5, 0.6) is 0 Å². The van der Waals surface area contributed by atoms with Crippen molar-refractivity contribution in [2.45, 2.75) is 63.6 Å². The summed E-state index contributed by atoms with van der Waals surface area (Å²) in [5.41, 5.74) is 9.24. The van der Waals surface area contributed by atoms with Crippen molar-refractivity contribution in [3.8, 4) is 0 Å². The predicted octanol–water partition coefficient (Wildman–Crippen LogP) is 4.52. The summed E-state index contributed by atoms with van der Waals surface area (Å²) in [4.78, 5) is 36.8. The molecule has 0 radical (unpaired) electrons. The molecule has 0 aliphatic heterocycles. The summed E-state index contributed by atoms with van der Waals surface area (Å²) in [6, 6.07) is 17.1. The van der Waals surface area contributed by atoms with E-state index in [1.165, 1.54) is 61.9 Å². The Kier molecular flexibility index (Phi) is 11.9. The molecule has 4 rings (SSSR count). The van der Waals surface area contributed by atoms with Crippen LogP contribution in [0.25, 0.3) is 0 Å². The van der Waals surface area contributed by atoms with E-state index in [-0.39, 0.29) is 12.2 Å². The molecular weight excluding hydrogens is 499 g/mol. The Hall–Kier alpha value is -4.27. The van der Waals surface area contributed by atoms with Gasteiger partial charge in [0.1, 0.15) is 18.5 Å². The molecule has 1 aliphatic carbocycles. The van der Waals surface area contributed by atoms with Crippen molar-refractivity contribution in [2.24, 2.45) is 5.73 Å². The number of nitrogens with two attached hydrogens (primary N) is 1. The van der Waals surface area contributed by atoms with Gasteiger partial charge in [-0.1, -0.05) is 55.7 Å². The standard InChI is InChI=1S/C20H24N2O2.C10H11FN2O2/c23-20(22-14-16-10-12-21-13-11-16)24-15-17-6-8-19(9-7-17)18-4-2-1-3-5-18;11-8-3-1-7(2-4-8)5-9(10(12)15)13-6-14/h6-13,18H,1-5,14-15H2,(H,22,23);1-4,6,9H,5H2,(H2,12,15)(H,13,14). The van der Waals surface area contributed by atoms with Crippen LogP contribution in [0.15, 0.2) is 73.1 Å². The highest BCUT2D eigenvalue weighted by Crippen LogP contribution is 2.32. The average molecular weight is 535 g/mol. The first-order chi connectivity index (χ1) is 18.9. The second kappa shape index (κ2) is 15.9. The zero-order valence-electron chi connectivity index (χ0n) is 21.9. The number of hydrogen-bond donors (Lipinski definition) is 3. The summed E-state index contributed by atoms with van der Waals surface area (Å²) in [5.74, 6) is -0.262. The van der Waals surface area contributed by atoms with Crippen LogP contribution in [0.4, 0.5) is 9.18 Å². The number of carbonyl (C=O) groups excluding carboxylic acids is 3. The molecule has 206 valence electrons. The Labute approximate surface area is 228 Å². The molecule has 4 N–H and O–H groups in total. The van der Waals surface area contributed by atoms with Gasteiger partial charge in [0.15, 0.2) is 0 Å². The van der Waals surface area contributed by atoms with Gasteiger partial charge in [0.25, 0.3) is 0 Å². The van der Waals surface area contributed by atoms with Crippen LogP contribution in [-0.2, 0) is 33.9 Å². The number of rotatable bonds is 10. The van der Waals surface area contributed by atoms with Gasteiger partial charge < -0.3 is 21.1 Å². The van der Waals surface area contributed by atoms with E-state index in [0.717, 1.165) is 16.7 Å². The quantitative estimate of drug-likeness (QED) is 0.330. The van der Waals surface area contributed by atoms with Crippen molar-refractivity contribution in [1.29, 1.82) is 0 Å². The van der Waals surface area contributed by atoms with E-state index in [1.54, 1.807) is 12.4 Å². The van der Waals surface area contributed by atoms with Crippen LogP contribution in [0.2, 0.25) is 0 Å². The van der Waals surface area contributed by atoms with Crippen LogP contribution in [0.3, 0.4) is 0 Å². The van der Waals surface area contributed by atoms with Crippen molar-refractivity contribution in [3.05, 3.63) is 101 Å². The summed E-state index contributed by atoms with van der Waals surface area (Å²) in [7, 11) is 0. The zero-order valence-corrected chi connectivity index (χ0v) is 21.9. The van der Waals surface area contributed by atoms with E-state index < -0.39 is 18.0 Å². The fourth-order valence-corrected chi connectivity index (χ4v) is 4.38. The number of primary amides is 1. The molecule has 2 aromatic carbocycles. The summed E-state index contributed by atoms with van der Waals surface area (Å²) >= 11 is 0. The number of aromatic nitrogens is 1. The third-order valence-electron chi connectivity index (χ3n) is 6.58. The number of benzene rings is 2. The number of carbonyl (C=O) groups is 3. The largest absolute Gasteiger partial charge is 0.445 e. The summed E-state index contributed by atoms with van der Waals surface area (Å²) in [6.45, 7) is 0.745. The van der Waals surface area contributed by atoms with Crippen LogP contribution >= 0.6 is 0 Å². The van der Waals surface area contributed by atoms with E-state index in [9.17, 15) is 18.8 Å². The molecule has 3 aromatic rings. The molecular formula is C30H35FN4O4. The molecule has 1 atom stereocenters. The molecule has 1 aliphatic rings. The molecule has 1 saturated carbocycles. The Morgan fingerprint density at radius 1 is 0.949 bits per heavy atom. The molecule has 8 nitrogen and oxygen atoms in total. The van der Waals surface area contributed by atoms with Gasteiger partial charge in [-0.15, -0.1) is 0 Å². The number of amides is 3. The minimum atomic E-state index is -0.757. The van der Waals surface area contributed by atoms with Gasteiger partial charge in [-0.2, -0.15) is 0 Å². The van der Waals surface area contributed by atoms with Gasteiger partial charge in [0.05, 0.1) is 0 Å². The first-order valence-corrected chi connectivity index (χ1v) is 13.1. The maximum absolute atomic E-state index is 12.6. The predicted molar refractivity (Wildman–Crippen MR) is 146 cm³/mol. The van der Waals surface area contributed by atoms with Gasteiger partial charge in [0.2, 0.25) is 12.3 Å². The fourth-order valence-electron chi connectivity index (χ4n) is 4.38. The van der Waals surface area contributed by atoms with E-state index in [2.05, 4.69) is 39.9 Å². The van der Waals surface area contributed by atoms with Crippen LogP contribution in [-0.4, -0.2) is 29.4 Å². The average Bonchev–Trinajstić information content (AvgIpc) is 2.97. The number of hydrogen-bond acceptors (Lipinski definition) is 5. The lowest BCUT2D eigenvalue weighted by Gasteiger charge is -2.22. The number of halogens is 1. The Balaban J connectivity index is 0.000000242. The molecule has 39 heavy (non-hydrogen) atoms. The molecule has 0 saturated heterocycles. The first-order valence-electron chi connectivity index (χ1n) is 13.1. The maximum atomic E-state index is 12.6. The third kappa shape index (κ3) is 10.6. The molecule has 9 heteroatoms. The smallest absolute Gasteiger partial charge is 0.407 e. The minimum Gasteiger partial charge on any atom is -0.445 e. The molecule has 1 aromatic heterocycles. The lowest BCUT2D eigenvalue weighted by atomic mass is 9.84. The topological polar surface area (TPSA) is 123 Å². The number of nitrogens with one attached hydrogen (secondary N) is 2. The van der Waals surface area contributed by atoms with E-state index in [0.29, 0.717) is 25.5 Å². The second-order valence-electron chi connectivity index (χ2n) is 9.43. The van der Waals surface area contributed by atoms with Gasteiger partial charge in [-0.3, -0.25) is 14.6 Å². The van der Waals surface area contributed by atoms with Gasteiger partial charge >= 0.3 is 6.09 Å². The highest BCUT2D eigenvalue weighted by atomic mass is 19.1. The summed E-state index contributed by atoms with van der Waals surface area (Å²) in [6.07, 6.45) is 10.3. The van der Waals surface area contributed by atoms with Gasteiger partial charge in [-0.25, -0.2) is 9.18 Å². The van der Waals surface area contributed by atoms with E-state index in [4.69, 9.17) is 10.5 Å². The fraction of sp³-hybridized carbons (Fsp3) is 0.333. The molecule has 3 amide bonds. The van der Waals surface area contributed by atoms with Gasteiger partial charge in [0, 0.05) is 25.4 Å². The van der Waals surface area contributed by atoms with Crippen molar-refractivity contribution in [3.63, 3.8) is 0 Å². The van der Waals surface area contributed by atoms with Crippen molar-refractivity contribution in [1.82, 2.24) is 15.6 Å². The van der Waals surface area contributed by atoms with Crippen LogP contribution < -0.4 is 16.4 Å². The van der Waals surface area contributed by atoms with Crippen LogP contribution in [0.1, 0.15) is 60.3 Å². The van der Waals surface area contributed by atoms with Crippen LogP contribution in [0, 0.1) is 5.82 Å². The summed E-state index contributed by atoms with van der Waals surface area (Å²) < 4.78 is 17.8. The molecule has 0 spiro atoms. The Morgan fingerprint density at radius 2 is 1.59 bits per heavy atom. The zero-order chi connectivity index (χ0) is 27.9. The van der Waals surface area contributed by atoms with Crippen molar-refractivity contribution in [2.75, 3.05) is 0 Å². The maximum Gasteiger partial charge on any atom is 0.407 e. The SMILES string of the molecule is NC(=O)C(Cc1ccc(F)cc1)NC=O.O=C(NCc1ccncc1)OCc1ccc(C2CCCCC2)cc1. The number of pyridine rings is 1. The molecule has 1 unspecified atom stereocenters. The van der Waals surface area contributed by atoms with Crippen molar-refractivity contribution >= 4 is 18.4 Å². The lowest BCUT2D eigenvalue weighted by molar-refractivity contribution is -0.122. The van der Waals surface area contributed by atoms with Crippen molar-refractivity contribution < 1.29 is 23.5 Å². The van der Waals surface area contributed by atoms with E-state index >= 15 is 0 Å². The number of alkyl carbamates (subject to hydrolysis) is 1. The number of ether oxygens (including phenoxy) is 1. The Morgan fingerprint density at radius 3 is 2.21 bits per heavy atom. The second-order valence-corrected chi connectivity index (χ2v) is 9.43. The van der Waals surface area contributed by atoms with E-state index in [1.807, 2.05) is 12.1 Å². The monoisotopic (exact) mass is 534 g/mol. The lowest BCUT2D eigenvalue weighted by Crippen LogP contribution is -2.42. The minimum absolute atomic E-state index is 0.258. The first kappa shape index (κ1) is 29.3. The number of nitrogens with zero attached hydrogens (tertiary/aromatic N) is 1. The highest BCUT2D eigenvalue weighted by molar-refractivity contribution is 5.82. The highest BCUT2D eigenvalue weighted by Gasteiger charge is 2.15. The normalized spacial score (nSPS) is 13.8. The molecule has 1 heterocycles.